The zero-order chi connectivity index (χ0) is 15.3. The number of carboxylic acids is 1. The second kappa shape index (κ2) is 6.78. The van der Waals surface area contributed by atoms with Gasteiger partial charge in [-0.25, -0.2) is 22.3 Å². The molecule has 0 aliphatic heterocycles. The molecule has 0 aliphatic carbocycles. The summed E-state index contributed by atoms with van der Waals surface area (Å²) in [6, 6.07) is 2.60. The van der Waals surface area contributed by atoms with Gasteiger partial charge in [-0.15, -0.1) is 0 Å². The Morgan fingerprint density at radius 3 is 2.60 bits per heavy atom. The van der Waals surface area contributed by atoms with Crippen LogP contribution in [-0.2, 0) is 10.0 Å². The third-order valence-corrected chi connectivity index (χ3v) is 4.05. The van der Waals surface area contributed by atoms with E-state index in [-0.39, 0.29) is 12.1 Å². The molecule has 0 aliphatic rings. The number of hydrogen-bond donors (Lipinski definition) is 3. The molecule has 0 spiro atoms. The van der Waals surface area contributed by atoms with E-state index in [0.29, 0.717) is 18.9 Å². The van der Waals surface area contributed by atoms with E-state index in [2.05, 4.69) is 4.72 Å². The Labute approximate surface area is 116 Å². The van der Waals surface area contributed by atoms with Crippen LogP contribution in [0.2, 0.25) is 0 Å². The van der Waals surface area contributed by atoms with Gasteiger partial charge in [0.2, 0.25) is 10.0 Å². The van der Waals surface area contributed by atoms with Crippen molar-refractivity contribution in [2.45, 2.75) is 30.8 Å². The van der Waals surface area contributed by atoms with Crippen molar-refractivity contribution in [3.05, 3.63) is 29.6 Å². The fraction of sp³-hybridized carbons (Fsp3) is 0.417. The number of aliphatic hydroxyl groups excluding tert-OH is 1. The fourth-order valence-electron chi connectivity index (χ4n) is 1.53. The topological polar surface area (TPSA) is 104 Å². The number of benzene rings is 1. The van der Waals surface area contributed by atoms with Crippen LogP contribution < -0.4 is 4.72 Å². The number of aromatic carboxylic acids is 1. The molecule has 1 unspecified atom stereocenters. The molecule has 0 aromatic heterocycles. The SMILES string of the molecule is CC(O)CCCNS(=O)(=O)c1ccc(C(=O)O)cc1F. The van der Waals surface area contributed by atoms with Crippen LogP contribution in [0.3, 0.4) is 0 Å². The van der Waals surface area contributed by atoms with Gasteiger partial charge in [-0.3, -0.25) is 0 Å². The first-order valence-corrected chi connectivity index (χ1v) is 7.43. The zero-order valence-corrected chi connectivity index (χ0v) is 11.7. The monoisotopic (exact) mass is 305 g/mol. The average Bonchev–Trinajstić information content (AvgIpc) is 2.34. The first-order chi connectivity index (χ1) is 9.24. The number of rotatable bonds is 7. The van der Waals surface area contributed by atoms with Gasteiger partial charge in [-0.2, -0.15) is 0 Å². The molecule has 6 nitrogen and oxygen atoms in total. The van der Waals surface area contributed by atoms with Gasteiger partial charge in [0.15, 0.2) is 0 Å². The Morgan fingerprint density at radius 1 is 1.45 bits per heavy atom. The molecule has 20 heavy (non-hydrogen) atoms. The third-order valence-electron chi connectivity index (χ3n) is 2.56. The lowest BCUT2D eigenvalue weighted by atomic mass is 10.2. The maximum atomic E-state index is 13.6. The van der Waals surface area contributed by atoms with E-state index in [9.17, 15) is 17.6 Å². The lowest BCUT2D eigenvalue weighted by Gasteiger charge is -2.09. The highest BCUT2D eigenvalue weighted by molar-refractivity contribution is 7.89. The summed E-state index contributed by atoms with van der Waals surface area (Å²) in [5.41, 5.74) is -0.324. The van der Waals surface area contributed by atoms with Crippen LogP contribution in [0.4, 0.5) is 4.39 Å². The second-order valence-electron chi connectivity index (χ2n) is 4.34. The van der Waals surface area contributed by atoms with Crippen LogP contribution in [0.1, 0.15) is 30.1 Å². The highest BCUT2D eigenvalue weighted by Crippen LogP contribution is 2.16. The molecule has 3 N–H and O–H groups in total. The summed E-state index contributed by atoms with van der Waals surface area (Å²) >= 11 is 0. The lowest BCUT2D eigenvalue weighted by Crippen LogP contribution is -2.26. The fourth-order valence-corrected chi connectivity index (χ4v) is 2.66. The minimum absolute atomic E-state index is 0.0629. The van der Waals surface area contributed by atoms with Gasteiger partial charge in [0.05, 0.1) is 11.7 Å². The van der Waals surface area contributed by atoms with Crippen molar-refractivity contribution < 1.29 is 27.8 Å². The van der Waals surface area contributed by atoms with E-state index in [1.54, 1.807) is 6.92 Å². The van der Waals surface area contributed by atoms with Gasteiger partial charge in [-0.1, -0.05) is 0 Å². The molecule has 112 valence electrons. The minimum Gasteiger partial charge on any atom is -0.478 e. The number of halogens is 1. The van der Waals surface area contributed by atoms with Crippen LogP contribution in [0.15, 0.2) is 23.1 Å². The third kappa shape index (κ3) is 4.55. The van der Waals surface area contributed by atoms with Crippen LogP contribution in [0, 0.1) is 5.82 Å². The number of aliphatic hydroxyl groups is 1. The Kier molecular flexibility index (Phi) is 5.61. The number of carboxylic acid groups (broad SMARTS) is 1. The van der Waals surface area contributed by atoms with Crippen molar-refractivity contribution in [1.82, 2.24) is 4.72 Å². The van der Waals surface area contributed by atoms with E-state index in [0.717, 1.165) is 12.1 Å². The molecule has 1 aromatic carbocycles. The van der Waals surface area contributed by atoms with Crippen LogP contribution in [0.25, 0.3) is 0 Å². The van der Waals surface area contributed by atoms with Gasteiger partial charge in [0.1, 0.15) is 10.7 Å². The quantitative estimate of drug-likeness (QED) is 0.651. The summed E-state index contributed by atoms with van der Waals surface area (Å²) in [5.74, 6) is -2.45. The van der Waals surface area contributed by atoms with Gasteiger partial charge in [0, 0.05) is 6.54 Å². The van der Waals surface area contributed by atoms with Crippen molar-refractivity contribution in [3.8, 4) is 0 Å². The van der Waals surface area contributed by atoms with Crippen molar-refractivity contribution >= 4 is 16.0 Å². The maximum absolute atomic E-state index is 13.6. The first kappa shape index (κ1) is 16.5. The summed E-state index contributed by atoms with van der Waals surface area (Å²) in [6.07, 6.45) is 0.292. The standard InChI is InChI=1S/C12H16FNO5S/c1-8(15)3-2-6-14-20(18,19)11-5-4-9(12(16)17)7-10(11)13/h4-5,7-8,14-15H,2-3,6H2,1H3,(H,16,17). The molecule has 0 amide bonds. The largest absolute Gasteiger partial charge is 0.478 e. The highest BCUT2D eigenvalue weighted by Gasteiger charge is 2.20. The van der Waals surface area contributed by atoms with Gasteiger partial charge >= 0.3 is 5.97 Å². The molecule has 0 saturated heterocycles. The predicted molar refractivity (Wildman–Crippen MR) is 69.5 cm³/mol. The van der Waals surface area contributed by atoms with Crippen molar-refractivity contribution in [2.24, 2.45) is 0 Å². The van der Waals surface area contributed by atoms with E-state index >= 15 is 0 Å². The molecule has 0 fully saturated rings. The lowest BCUT2D eigenvalue weighted by molar-refractivity contribution is 0.0696. The summed E-state index contributed by atoms with van der Waals surface area (Å²) in [6.45, 7) is 1.64. The zero-order valence-electron chi connectivity index (χ0n) is 10.8. The summed E-state index contributed by atoms with van der Waals surface area (Å²) < 4.78 is 39.5. The number of hydrogen-bond acceptors (Lipinski definition) is 4. The molecule has 0 saturated carbocycles. The predicted octanol–water partition coefficient (Wildman–Crippen LogP) is 0.963. The number of nitrogens with one attached hydrogen (secondary N) is 1. The normalized spacial score (nSPS) is 13.2. The molecular weight excluding hydrogens is 289 g/mol. The van der Waals surface area contributed by atoms with Crippen molar-refractivity contribution in [3.63, 3.8) is 0 Å². The average molecular weight is 305 g/mol. The van der Waals surface area contributed by atoms with Crippen molar-refractivity contribution in [2.75, 3.05) is 6.54 Å². The van der Waals surface area contributed by atoms with E-state index in [4.69, 9.17) is 10.2 Å². The van der Waals surface area contributed by atoms with Crippen LogP contribution in [0.5, 0.6) is 0 Å². The molecule has 0 heterocycles. The maximum Gasteiger partial charge on any atom is 0.335 e. The Bertz CT molecular complexity index is 586. The number of sulfonamides is 1. The molecule has 0 radical (unpaired) electrons. The van der Waals surface area contributed by atoms with Gasteiger partial charge in [-0.05, 0) is 38.0 Å². The molecule has 1 rings (SSSR count). The van der Waals surface area contributed by atoms with Gasteiger partial charge in [0.25, 0.3) is 0 Å². The number of carbonyl (C=O) groups is 1. The van der Waals surface area contributed by atoms with E-state index < -0.39 is 32.8 Å². The van der Waals surface area contributed by atoms with E-state index in [1.165, 1.54) is 0 Å². The molecular formula is C12H16FNO5S. The van der Waals surface area contributed by atoms with Crippen LogP contribution in [-0.4, -0.2) is 37.2 Å². The first-order valence-electron chi connectivity index (χ1n) is 5.94. The summed E-state index contributed by atoms with van der Waals surface area (Å²) in [4.78, 5) is 10.0. The minimum atomic E-state index is -4.03. The molecule has 1 aromatic rings. The summed E-state index contributed by atoms with van der Waals surface area (Å²) in [7, 11) is -4.03. The molecule has 1 atom stereocenters. The highest BCUT2D eigenvalue weighted by atomic mass is 32.2. The Morgan fingerprint density at radius 2 is 2.10 bits per heavy atom. The summed E-state index contributed by atoms with van der Waals surface area (Å²) in [5, 5.41) is 17.7. The smallest absolute Gasteiger partial charge is 0.335 e. The Balaban J connectivity index is 2.80. The molecule has 0 bridgehead atoms. The van der Waals surface area contributed by atoms with E-state index in [1.807, 2.05) is 0 Å². The second-order valence-corrected chi connectivity index (χ2v) is 6.07. The molecule has 8 heteroatoms. The van der Waals surface area contributed by atoms with Crippen LogP contribution >= 0.6 is 0 Å². The van der Waals surface area contributed by atoms with Crippen molar-refractivity contribution in [1.29, 1.82) is 0 Å². The van der Waals surface area contributed by atoms with Gasteiger partial charge < -0.3 is 10.2 Å². The Hall–Kier alpha value is -1.51.